The maximum Gasteiger partial charge on any atom is 0.261 e. The van der Waals surface area contributed by atoms with Crippen molar-refractivity contribution in [1.29, 1.82) is 0 Å². The first-order valence-corrected chi connectivity index (χ1v) is 10.0. The summed E-state index contributed by atoms with van der Waals surface area (Å²) in [5.74, 6) is 1.03. The van der Waals surface area contributed by atoms with Crippen LogP contribution < -0.4 is 14.8 Å². The van der Waals surface area contributed by atoms with Crippen LogP contribution in [0.2, 0.25) is 0 Å². The smallest absolute Gasteiger partial charge is 0.261 e. The molecule has 2 aromatic rings. The summed E-state index contributed by atoms with van der Waals surface area (Å²) in [5, 5.41) is 2.94. The van der Waals surface area contributed by atoms with E-state index in [0.29, 0.717) is 18.0 Å². The van der Waals surface area contributed by atoms with Crippen LogP contribution in [0.4, 0.5) is 0 Å². The van der Waals surface area contributed by atoms with Crippen molar-refractivity contribution in [3.05, 3.63) is 59.7 Å². The van der Waals surface area contributed by atoms with Crippen LogP contribution >= 0.6 is 0 Å². The van der Waals surface area contributed by atoms with Crippen LogP contribution in [0.5, 0.6) is 11.5 Å². The summed E-state index contributed by atoms with van der Waals surface area (Å²) in [6, 6.07) is 15.8. The molecule has 1 aliphatic rings. The zero-order valence-corrected chi connectivity index (χ0v) is 16.8. The van der Waals surface area contributed by atoms with Gasteiger partial charge < -0.3 is 14.8 Å². The van der Waals surface area contributed by atoms with E-state index in [4.69, 9.17) is 9.47 Å². The number of rotatable bonds is 8. The van der Waals surface area contributed by atoms with Crippen LogP contribution in [0.3, 0.4) is 0 Å². The standard InChI is InChI=1S/C23H30N2O3/c1-18(28-22-9-5-4-8-21(22)27-2)23(26)24-16-19-10-12-20(13-11-19)17-25-14-6-3-7-15-25/h4-5,8-13,18H,3,6-7,14-17H2,1-2H3,(H,24,26). The molecule has 1 N–H and O–H groups in total. The number of piperidine rings is 1. The summed E-state index contributed by atoms with van der Waals surface area (Å²) in [7, 11) is 1.59. The summed E-state index contributed by atoms with van der Waals surface area (Å²) < 4.78 is 11.0. The van der Waals surface area contributed by atoms with Gasteiger partial charge >= 0.3 is 0 Å². The van der Waals surface area contributed by atoms with Crippen molar-refractivity contribution in [2.24, 2.45) is 0 Å². The largest absolute Gasteiger partial charge is 0.493 e. The van der Waals surface area contributed by atoms with Gasteiger partial charge in [0.25, 0.3) is 5.91 Å². The number of carbonyl (C=O) groups is 1. The highest BCUT2D eigenvalue weighted by Gasteiger charge is 2.16. The molecule has 0 radical (unpaired) electrons. The highest BCUT2D eigenvalue weighted by atomic mass is 16.5. The van der Waals surface area contributed by atoms with Gasteiger partial charge in [-0.25, -0.2) is 0 Å². The van der Waals surface area contributed by atoms with Crippen LogP contribution in [0, 0.1) is 0 Å². The lowest BCUT2D eigenvalue weighted by Crippen LogP contribution is -2.36. The minimum absolute atomic E-state index is 0.150. The van der Waals surface area contributed by atoms with Gasteiger partial charge in [-0.3, -0.25) is 9.69 Å². The van der Waals surface area contributed by atoms with E-state index in [0.717, 1.165) is 12.1 Å². The number of methoxy groups -OCH3 is 1. The molecule has 5 nitrogen and oxygen atoms in total. The number of benzene rings is 2. The van der Waals surface area contributed by atoms with E-state index in [1.807, 2.05) is 18.2 Å². The lowest BCUT2D eigenvalue weighted by atomic mass is 10.1. The fourth-order valence-electron chi connectivity index (χ4n) is 3.43. The van der Waals surface area contributed by atoms with Crippen molar-refractivity contribution in [2.75, 3.05) is 20.2 Å². The molecule has 1 aliphatic heterocycles. The Morgan fingerprint density at radius 1 is 1.00 bits per heavy atom. The number of likely N-dealkylation sites (tertiary alicyclic amines) is 1. The Labute approximate surface area is 167 Å². The Balaban J connectivity index is 1.47. The van der Waals surface area contributed by atoms with Gasteiger partial charge in [-0.2, -0.15) is 0 Å². The first-order chi connectivity index (χ1) is 13.7. The number of nitrogens with one attached hydrogen (secondary N) is 1. The minimum atomic E-state index is -0.602. The highest BCUT2D eigenvalue weighted by Crippen LogP contribution is 2.26. The van der Waals surface area contributed by atoms with Gasteiger partial charge in [-0.05, 0) is 56.1 Å². The van der Waals surface area contributed by atoms with Gasteiger partial charge in [0.15, 0.2) is 17.6 Å². The molecule has 0 saturated carbocycles. The monoisotopic (exact) mass is 382 g/mol. The maximum absolute atomic E-state index is 12.4. The Bertz CT molecular complexity index is 755. The number of para-hydroxylation sites is 2. The second kappa shape index (κ2) is 10.1. The highest BCUT2D eigenvalue weighted by molar-refractivity contribution is 5.80. The SMILES string of the molecule is COc1ccccc1OC(C)C(=O)NCc1ccc(CN2CCCCC2)cc1. The van der Waals surface area contributed by atoms with Crippen LogP contribution in [-0.4, -0.2) is 37.1 Å². The van der Waals surface area contributed by atoms with E-state index >= 15 is 0 Å². The number of nitrogens with zero attached hydrogens (tertiary/aromatic N) is 1. The van der Waals surface area contributed by atoms with Crippen molar-refractivity contribution >= 4 is 5.91 Å². The second-order valence-corrected chi connectivity index (χ2v) is 7.28. The first-order valence-electron chi connectivity index (χ1n) is 10.0. The van der Waals surface area contributed by atoms with E-state index < -0.39 is 6.10 Å². The topological polar surface area (TPSA) is 50.8 Å². The van der Waals surface area contributed by atoms with E-state index in [-0.39, 0.29) is 5.91 Å². The van der Waals surface area contributed by atoms with Gasteiger partial charge in [0.1, 0.15) is 0 Å². The third-order valence-corrected chi connectivity index (χ3v) is 5.09. The molecule has 1 atom stereocenters. The molecule has 28 heavy (non-hydrogen) atoms. The minimum Gasteiger partial charge on any atom is -0.493 e. The molecule has 3 rings (SSSR count). The molecule has 150 valence electrons. The Kier molecular flexibility index (Phi) is 7.31. The van der Waals surface area contributed by atoms with Crippen LogP contribution in [0.25, 0.3) is 0 Å². The third-order valence-electron chi connectivity index (χ3n) is 5.09. The molecule has 0 spiro atoms. The molecular formula is C23H30N2O3. The molecule has 5 heteroatoms. The first kappa shape index (κ1) is 20.2. The van der Waals surface area contributed by atoms with E-state index in [9.17, 15) is 4.79 Å². The number of carbonyl (C=O) groups excluding carboxylic acids is 1. The maximum atomic E-state index is 12.4. The molecule has 2 aromatic carbocycles. The van der Waals surface area contributed by atoms with Crippen molar-refractivity contribution in [1.82, 2.24) is 10.2 Å². The zero-order chi connectivity index (χ0) is 19.8. The van der Waals surface area contributed by atoms with Crippen molar-refractivity contribution < 1.29 is 14.3 Å². The summed E-state index contributed by atoms with van der Waals surface area (Å²) in [6.45, 7) is 5.63. The molecule has 1 amide bonds. The molecule has 1 unspecified atom stereocenters. The summed E-state index contributed by atoms with van der Waals surface area (Å²) in [6.07, 6.45) is 3.36. The van der Waals surface area contributed by atoms with E-state index in [2.05, 4.69) is 34.5 Å². The van der Waals surface area contributed by atoms with Gasteiger partial charge in [0.2, 0.25) is 0 Å². The Hall–Kier alpha value is -2.53. The van der Waals surface area contributed by atoms with Crippen LogP contribution in [0.1, 0.15) is 37.3 Å². The molecule has 0 bridgehead atoms. The normalized spacial score (nSPS) is 15.6. The molecule has 1 saturated heterocycles. The van der Waals surface area contributed by atoms with Gasteiger partial charge in [-0.1, -0.05) is 42.8 Å². The van der Waals surface area contributed by atoms with Gasteiger partial charge in [0.05, 0.1) is 7.11 Å². The lowest BCUT2D eigenvalue weighted by Gasteiger charge is -2.26. The fourth-order valence-corrected chi connectivity index (χ4v) is 3.43. The van der Waals surface area contributed by atoms with Crippen LogP contribution in [0.15, 0.2) is 48.5 Å². The second-order valence-electron chi connectivity index (χ2n) is 7.28. The van der Waals surface area contributed by atoms with Gasteiger partial charge in [-0.15, -0.1) is 0 Å². The molecular weight excluding hydrogens is 352 g/mol. The van der Waals surface area contributed by atoms with Crippen molar-refractivity contribution in [2.45, 2.75) is 45.4 Å². The average molecular weight is 383 g/mol. The molecule has 0 aliphatic carbocycles. The zero-order valence-electron chi connectivity index (χ0n) is 16.8. The Morgan fingerprint density at radius 3 is 2.32 bits per heavy atom. The predicted octanol–water partition coefficient (Wildman–Crippen LogP) is 3.76. The molecule has 1 heterocycles. The van der Waals surface area contributed by atoms with Gasteiger partial charge in [0, 0.05) is 13.1 Å². The quantitative estimate of drug-likeness (QED) is 0.755. The number of hydrogen-bond donors (Lipinski definition) is 1. The molecule has 1 fully saturated rings. The number of hydrogen-bond acceptors (Lipinski definition) is 4. The van der Waals surface area contributed by atoms with Crippen LogP contribution in [-0.2, 0) is 17.9 Å². The lowest BCUT2D eigenvalue weighted by molar-refractivity contribution is -0.127. The third kappa shape index (κ3) is 5.73. The predicted molar refractivity (Wildman–Crippen MR) is 111 cm³/mol. The van der Waals surface area contributed by atoms with Crippen molar-refractivity contribution in [3.8, 4) is 11.5 Å². The summed E-state index contributed by atoms with van der Waals surface area (Å²) in [4.78, 5) is 14.9. The van der Waals surface area contributed by atoms with E-state index in [1.54, 1.807) is 20.1 Å². The molecule has 0 aromatic heterocycles. The summed E-state index contributed by atoms with van der Waals surface area (Å²) in [5.41, 5.74) is 2.41. The number of ether oxygens (including phenoxy) is 2. The Morgan fingerprint density at radius 2 is 1.64 bits per heavy atom. The van der Waals surface area contributed by atoms with Crippen molar-refractivity contribution in [3.63, 3.8) is 0 Å². The fraction of sp³-hybridized carbons (Fsp3) is 0.435. The van der Waals surface area contributed by atoms with E-state index in [1.165, 1.54) is 37.9 Å². The average Bonchev–Trinajstić information content (AvgIpc) is 2.74. The number of amides is 1. The summed E-state index contributed by atoms with van der Waals surface area (Å²) >= 11 is 0.